The van der Waals surface area contributed by atoms with E-state index in [4.69, 9.17) is 4.74 Å². The molecule has 4 heteroatoms. The molecule has 0 aromatic carbocycles. The molecule has 1 aromatic rings. The van der Waals surface area contributed by atoms with Crippen molar-refractivity contribution in [3.05, 3.63) is 24.5 Å². The van der Waals surface area contributed by atoms with Gasteiger partial charge in [0.25, 0.3) is 0 Å². The summed E-state index contributed by atoms with van der Waals surface area (Å²) in [5, 5.41) is 3.77. The molecule has 1 N–H and O–H groups in total. The molecule has 0 radical (unpaired) electrons. The molecule has 4 nitrogen and oxygen atoms in total. The van der Waals surface area contributed by atoms with Crippen LogP contribution < -0.4 is 10.2 Å². The average molecular weight is 275 g/mol. The van der Waals surface area contributed by atoms with Crippen LogP contribution in [0.15, 0.2) is 24.5 Å². The molecule has 2 aliphatic heterocycles. The first kappa shape index (κ1) is 13.8. The number of anilines is 1. The zero-order valence-corrected chi connectivity index (χ0v) is 12.3. The van der Waals surface area contributed by atoms with E-state index in [9.17, 15) is 0 Å². The van der Waals surface area contributed by atoms with Crippen LogP contribution in [0.3, 0.4) is 0 Å². The lowest BCUT2D eigenvalue weighted by Gasteiger charge is -2.36. The molecule has 20 heavy (non-hydrogen) atoms. The van der Waals surface area contributed by atoms with Crippen molar-refractivity contribution < 1.29 is 4.74 Å². The van der Waals surface area contributed by atoms with E-state index in [-0.39, 0.29) is 0 Å². The molecule has 0 spiro atoms. The van der Waals surface area contributed by atoms with Gasteiger partial charge >= 0.3 is 0 Å². The summed E-state index contributed by atoms with van der Waals surface area (Å²) in [7, 11) is 0. The lowest BCUT2D eigenvalue weighted by molar-refractivity contribution is 0.0783. The minimum absolute atomic E-state index is 0.424. The predicted octanol–water partition coefficient (Wildman–Crippen LogP) is 2.21. The average Bonchev–Trinajstić information content (AvgIpc) is 3.03. The van der Waals surface area contributed by atoms with Crippen LogP contribution >= 0.6 is 0 Å². The Morgan fingerprint density at radius 2 is 2.00 bits per heavy atom. The van der Waals surface area contributed by atoms with E-state index in [1.54, 1.807) is 0 Å². The maximum absolute atomic E-state index is 5.77. The highest BCUT2D eigenvalue weighted by Gasteiger charge is 2.26. The molecule has 0 amide bonds. The summed E-state index contributed by atoms with van der Waals surface area (Å²) >= 11 is 0. The Balaban J connectivity index is 1.46. The monoisotopic (exact) mass is 275 g/mol. The van der Waals surface area contributed by atoms with E-state index in [2.05, 4.69) is 34.3 Å². The highest BCUT2D eigenvalue weighted by Crippen LogP contribution is 2.21. The van der Waals surface area contributed by atoms with Gasteiger partial charge in [-0.2, -0.15) is 0 Å². The van der Waals surface area contributed by atoms with Gasteiger partial charge in [0.05, 0.1) is 6.10 Å². The fourth-order valence-electron chi connectivity index (χ4n) is 3.34. The van der Waals surface area contributed by atoms with Crippen molar-refractivity contribution in [1.29, 1.82) is 0 Å². The summed E-state index contributed by atoms with van der Waals surface area (Å²) in [5.74, 6) is 0. The van der Waals surface area contributed by atoms with Crippen molar-refractivity contribution in [2.45, 2.75) is 50.8 Å². The number of pyridine rings is 1. The van der Waals surface area contributed by atoms with E-state index in [0.29, 0.717) is 18.2 Å². The normalized spacial score (nSPS) is 25.9. The zero-order chi connectivity index (χ0) is 13.8. The van der Waals surface area contributed by atoms with Gasteiger partial charge < -0.3 is 15.0 Å². The molecular weight excluding hydrogens is 250 g/mol. The number of rotatable bonds is 4. The smallest absolute Gasteiger partial charge is 0.0726 e. The van der Waals surface area contributed by atoms with Gasteiger partial charge in [-0.15, -0.1) is 0 Å². The Hall–Kier alpha value is -1.13. The standard InChI is InChI=1S/C16H25N3O/c1-13(16-3-2-12-20-16)18-14-6-10-19(11-7-14)15-4-8-17-9-5-15/h4-5,8-9,13-14,16,18H,2-3,6-7,10-12H2,1H3. The summed E-state index contributed by atoms with van der Waals surface area (Å²) in [6, 6.07) is 5.31. The van der Waals surface area contributed by atoms with Gasteiger partial charge in [-0.25, -0.2) is 0 Å². The summed E-state index contributed by atoms with van der Waals surface area (Å²) < 4.78 is 5.77. The van der Waals surface area contributed by atoms with Gasteiger partial charge in [0.1, 0.15) is 0 Å². The highest BCUT2D eigenvalue weighted by atomic mass is 16.5. The van der Waals surface area contributed by atoms with Gasteiger partial charge in [-0.05, 0) is 44.7 Å². The van der Waals surface area contributed by atoms with Crippen LogP contribution in [0.4, 0.5) is 5.69 Å². The largest absolute Gasteiger partial charge is 0.377 e. The molecule has 2 saturated heterocycles. The van der Waals surface area contributed by atoms with Crippen LogP contribution in [0, 0.1) is 0 Å². The van der Waals surface area contributed by atoms with Crippen LogP contribution in [0.25, 0.3) is 0 Å². The van der Waals surface area contributed by atoms with E-state index in [1.807, 2.05) is 12.4 Å². The Labute approximate surface area is 121 Å². The molecule has 1 aromatic heterocycles. The van der Waals surface area contributed by atoms with Gasteiger partial charge in [0.2, 0.25) is 0 Å². The van der Waals surface area contributed by atoms with Crippen LogP contribution in [0.1, 0.15) is 32.6 Å². The maximum atomic E-state index is 5.77. The maximum Gasteiger partial charge on any atom is 0.0726 e. The van der Waals surface area contributed by atoms with Crippen LogP contribution in [-0.2, 0) is 4.74 Å². The van der Waals surface area contributed by atoms with Crippen molar-refractivity contribution >= 4 is 5.69 Å². The number of ether oxygens (including phenoxy) is 1. The molecule has 3 rings (SSSR count). The second-order valence-electron chi connectivity index (χ2n) is 5.97. The number of nitrogens with zero attached hydrogens (tertiary/aromatic N) is 2. The van der Waals surface area contributed by atoms with Crippen molar-refractivity contribution in [3.63, 3.8) is 0 Å². The molecular formula is C16H25N3O. The first-order chi connectivity index (χ1) is 9.83. The summed E-state index contributed by atoms with van der Waals surface area (Å²) in [5.41, 5.74) is 1.30. The lowest BCUT2D eigenvalue weighted by Crippen LogP contribution is -2.48. The Morgan fingerprint density at radius 3 is 2.65 bits per heavy atom. The van der Waals surface area contributed by atoms with E-state index >= 15 is 0 Å². The van der Waals surface area contributed by atoms with Gasteiger partial charge in [-0.3, -0.25) is 4.98 Å². The molecule has 0 bridgehead atoms. The lowest BCUT2D eigenvalue weighted by atomic mass is 10.0. The van der Waals surface area contributed by atoms with Crippen molar-refractivity contribution in [3.8, 4) is 0 Å². The molecule has 2 unspecified atom stereocenters. The minimum atomic E-state index is 0.424. The molecule has 2 atom stereocenters. The number of hydrogen-bond donors (Lipinski definition) is 1. The summed E-state index contributed by atoms with van der Waals surface area (Å²) in [4.78, 5) is 6.54. The first-order valence-electron chi connectivity index (χ1n) is 7.85. The Kier molecular flexibility index (Phi) is 4.53. The van der Waals surface area contributed by atoms with Gasteiger partial charge in [0, 0.05) is 49.9 Å². The minimum Gasteiger partial charge on any atom is -0.377 e. The number of hydrogen-bond acceptors (Lipinski definition) is 4. The predicted molar refractivity (Wildman–Crippen MR) is 81.0 cm³/mol. The Morgan fingerprint density at radius 1 is 1.25 bits per heavy atom. The van der Waals surface area contributed by atoms with Crippen LogP contribution in [-0.4, -0.2) is 42.9 Å². The third-order valence-electron chi connectivity index (χ3n) is 4.54. The second kappa shape index (κ2) is 6.55. The van der Waals surface area contributed by atoms with Crippen molar-refractivity contribution in [1.82, 2.24) is 10.3 Å². The quantitative estimate of drug-likeness (QED) is 0.914. The summed E-state index contributed by atoms with van der Waals surface area (Å²) in [6.07, 6.45) is 9.02. The second-order valence-corrected chi connectivity index (χ2v) is 5.97. The van der Waals surface area contributed by atoms with Gasteiger partial charge in [0.15, 0.2) is 0 Å². The molecule has 2 fully saturated rings. The van der Waals surface area contributed by atoms with Crippen molar-refractivity contribution in [2.75, 3.05) is 24.6 Å². The molecule has 3 heterocycles. The fraction of sp³-hybridized carbons (Fsp3) is 0.688. The SMILES string of the molecule is CC(NC1CCN(c2ccncc2)CC1)C1CCCO1. The first-order valence-corrected chi connectivity index (χ1v) is 7.85. The topological polar surface area (TPSA) is 37.4 Å². The Bertz CT molecular complexity index is 397. The number of aromatic nitrogens is 1. The van der Waals surface area contributed by atoms with E-state index in [0.717, 1.165) is 19.7 Å². The highest BCUT2D eigenvalue weighted by molar-refractivity contribution is 5.44. The van der Waals surface area contributed by atoms with Gasteiger partial charge in [-0.1, -0.05) is 0 Å². The molecule has 2 aliphatic rings. The van der Waals surface area contributed by atoms with Crippen molar-refractivity contribution in [2.24, 2.45) is 0 Å². The third kappa shape index (κ3) is 3.30. The van der Waals surface area contributed by atoms with Crippen LogP contribution in [0.2, 0.25) is 0 Å². The fourth-order valence-corrected chi connectivity index (χ4v) is 3.34. The third-order valence-corrected chi connectivity index (χ3v) is 4.54. The number of piperidine rings is 1. The molecule has 0 saturated carbocycles. The van der Waals surface area contributed by atoms with E-state index < -0.39 is 0 Å². The molecule has 110 valence electrons. The summed E-state index contributed by atoms with van der Waals surface area (Å²) in [6.45, 7) is 5.46. The molecule has 0 aliphatic carbocycles. The van der Waals surface area contributed by atoms with Crippen LogP contribution in [0.5, 0.6) is 0 Å². The van der Waals surface area contributed by atoms with E-state index in [1.165, 1.54) is 31.4 Å². The zero-order valence-electron chi connectivity index (χ0n) is 12.3. The number of nitrogens with one attached hydrogen (secondary N) is 1.